The van der Waals surface area contributed by atoms with Gasteiger partial charge in [0.1, 0.15) is 10.6 Å². The van der Waals surface area contributed by atoms with Gasteiger partial charge in [-0.25, -0.2) is 4.98 Å². The lowest BCUT2D eigenvalue weighted by Gasteiger charge is -2.21. The fourth-order valence-corrected chi connectivity index (χ4v) is 4.63. The summed E-state index contributed by atoms with van der Waals surface area (Å²) < 4.78 is 5.87. The third-order valence-electron chi connectivity index (χ3n) is 5.49. The van der Waals surface area contributed by atoms with Crippen LogP contribution in [0.15, 0.2) is 30.5 Å². The van der Waals surface area contributed by atoms with Crippen LogP contribution in [-0.2, 0) is 4.79 Å². The van der Waals surface area contributed by atoms with E-state index < -0.39 is 0 Å². The topological polar surface area (TPSA) is 71.5 Å². The maximum atomic E-state index is 12.8. The quantitative estimate of drug-likeness (QED) is 0.712. The molecule has 1 aromatic heterocycles. The standard InChI is InChI=1S/C22H27N3O3S/c1-2-17(24-21(27)19-13-23-22(29-19)15-9-10-15)16-7-3-4-8-18(16)28-14-20(26)25-11-5-6-12-25/h3-4,7-8,13,15,17H,2,5-6,9-12,14H2,1H3,(H,24,27). The van der Waals surface area contributed by atoms with Gasteiger partial charge >= 0.3 is 0 Å². The van der Waals surface area contributed by atoms with E-state index >= 15 is 0 Å². The number of hydrogen-bond acceptors (Lipinski definition) is 5. The Morgan fingerprint density at radius 3 is 2.76 bits per heavy atom. The maximum Gasteiger partial charge on any atom is 0.263 e. The molecule has 29 heavy (non-hydrogen) atoms. The van der Waals surface area contributed by atoms with E-state index in [0.717, 1.165) is 42.9 Å². The number of aromatic nitrogens is 1. The van der Waals surface area contributed by atoms with E-state index in [1.54, 1.807) is 6.20 Å². The summed E-state index contributed by atoms with van der Waals surface area (Å²) in [6.45, 7) is 3.69. The average Bonchev–Trinajstić information content (AvgIpc) is 3.23. The Bertz CT molecular complexity index is 872. The first-order valence-corrected chi connectivity index (χ1v) is 11.2. The van der Waals surface area contributed by atoms with Gasteiger partial charge in [0.05, 0.1) is 17.2 Å². The lowest BCUT2D eigenvalue weighted by atomic mass is 10.0. The van der Waals surface area contributed by atoms with Crippen LogP contribution in [0.1, 0.15) is 71.2 Å². The highest BCUT2D eigenvalue weighted by molar-refractivity contribution is 7.13. The zero-order chi connectivity index (χ0) is 20.2. The van der Waals surface area contributed by atoms with Crippen molar-refractivity contribution in [2.75, 3.05) is 19.7 Å². The van der Waals surface area contributed by atoms with Gasteiger partial charge in [-0.1, -0.05) is 25.1 Å². The number of thiazole rings is 1. The molecule has 2 aliphatic rings. The summed E-state index contributed by atoms with van der Waals surface area (Å²) in [5.74, 6) is 1.11. The minimum atomic E-state index is -0.188. The van der Waals surface area contributed by atoms with Crippen molar-refractivity contribution in [1.82, 2.24) is 15.2 Å². The van der Waals surface area contributed by atoms with Gasteiger partial charge in [-0.2, -0.15) is 0 Å². The number of para-hydroxylation sites is 1. The van der Waals surface area contributed by atoms with Crippen molar-refractivity contribution in [3.8, 4) is 5.75 Å². The normalized spacial score (nSPS) is 17.2. The van der Waals surface area contributed by atoms with E-state index in [4.69, 9.17) is 4.74 Å². The van der Waals surface area contributed by atoms with Crippen LogP contribution in [0.25, 0.3) is 0 Å². The van der Waals surface area contributed by atoms with Gasteiger partial charge < -0.3 is 15.0 Å². The molecule has 1 saturated heterocycles. The molecule has 1 atom stereocenters. The molecule has 1 unspecified atom stereocenters. The van der Waals surface area contributed by atoms with Gasteiger partial charge in [0.2, 0.25) is 0 Å². The highest BCUT2D eigenvalue weighted by Gasteiger charge is 2.28. The minimum absolute atomic E-state index is 0.0200. The summed E-state index contributed by atoms with van der Waals surface area (Å²) in [5, 5.41) is 4.17. The van der Waals surface area contributed by atoms with Crippen molar-refractivity contribution in [2.24, 2.45) is 0 Å². The predicted molar refractivity (Wildman–Crippen MR) is 112 cm³/mol. The van der Waals surface area contributed by atoms with Crippen molar-refractivity contribution < 1.29 is 14.3 Å². The first kappa shape index (κ1) is 19.9. The van der Waals surface area contributed by atoms with Gasteiger partial charge in [0, 0.05) is 24.6 Å². The predicted octanol–water partition coefficient (Wildman–Crippen LogP) is 3.90. The smallest absolute Gasteiger partial charge is 0.263 e. The summed E-state index contributed by atoms with van der Waals surface area (Å²) >= 11 is 1.49. The highest BCUT2D eigenvalue weighted by atomic mass is 32.1. The number of nitrogens with one attached hydrogen (secondary N) is 1. The monoisotopic (exact) mass is 413 g/mol. The highest BCUT2D eigenvalue weighted by Crippen LogP contribution is 2.41. The van der Waals surface area contributed by atoms with Crippen LogP contribution >= 0.6 is 11.3 Å². The van der Waals surface area contributed by atoms with E-state index in [1.807, 2.05) is 36.1 Å². The molecule has 0 radical (unpaired) electrons. The Morgan fingerprint density at radius 2 is 2.03 bits per heavy atom. The van der Waals surface area contributed by atoms with Gasteiger partial charge in [0.25, 0.3) is 11.8 Å². The number of likely N-dealkylation sites (tertiary alicyclic amines) is 1. The van der Waals surface area contributed by atoms with Crippen molar-refractivity contribution in [3.05, 3.63) is 45.9 Å². The number of carbonyl (C=O) groups is 2. The molecule has 2 aromatic rings. The zero-order valence-corrected chi connectivity index (χ0v) is 17.5. The van der Waals surface area contributed by atoms with Crippen molar-refractivity contribution in [2.45, 2.75) is 51.0 Å². The Kier molecular flexibility index (Phi) is 6.13. The van der Waals surface area contributed by atoms with Crippen LogP contribution in [0.5, 0.6) is 5.75 Å². The molecule has 1 aliphatic carbocycles. The Balaban J connectivity index is 1.42. The first-order chi connectivity index (χ1) is 14.2. The van der Waals surface area contributed by atoms with Crippen LogP contribution in [0.2, 0.25) is 0 Å². The fraction of sp³-hybridized carbons (Fsp3) is 0.500. The average molecular weight is 414 g/mol. The molecule has 1 saturated carbocycles. The minimum Gasteiger partial charge on any atom is -0.483 e. The molecule has 7 heteroatoms. The van der Waals surface area contributed by atoms with Crippen molar-refractivity contribution >= 4 is 23.2 Å². The summed E-state index contributed by atoms with van der Waals surface area (Å²) in [6.07, 6.45) is 6.87. The molecule has 2 amide bonds. The summed E-state index contributed by atoms with van der Waals surface area (Å²) in [6, 6.07) is 7.44. The molecule has 1 aliphatic heterocycles. The third kappa shape index (κ3) is 4.78. The maximum absolute atomic E-state index is 12.8. The summed E-state index contributed by atoms with van der Waals surface area (Å²) in [7, 11) is 0. The van der Waals surface area contributed by atoms with Crippen LogP contribution < -0.4 is 10.1 Å². The molecule has 4 rings (SSSR count). The second kappa shape index (κ2) is 8.95. The Hall–Kier alpha value is -2.41. The zero-order valence-electron chi connectivity index (χ0n) is 16.7. The Morgan fingerprint density at radius 1 is 1.28 bits per heavy atom. The number of rotatable bonds is 8. The van der Waals surface area contributed by atoms with E-state index in [9.17, 15) is 9.59 Å². The van der Waals surface area contributed by atoms with Gasteiger partial charge in [-0.05, 0) is 38.2 Å². The number of carbonyl (C=O) groups excluding carboxylic acids is 2. The molecule has 6 nitrogen and oxygen atoms in total. The van der Waals surface area contributed by atoms with Crippen LogP contribution in [0, 0.1) is 0 Å². The van der Waals surface area contributed by atoms with Gasteiger partial charge in [0.15, 0.2) is 6.61 Å². The summed E-state index contributed by atoms with van der Waals surface area (Å²) in [5.41, 5.74) is 0.893. The van der Waals surface area contributed by atoms with Gasteiger partial charge in [-0.3, -0.25) is 9.59 Å². The van der Waals surface area contributed by atoms with E-state index in [2.05, 4.69) is 10.3 Å². The number of amides is 2. The van der Waals surface area contributed by atoms with E-state index in [1.165, 1.54) is 24.2 Å². The lowest BCUT2D eigenvalue weighted by Crippen LogP contribution is -2.32. The summed E-state index contributed by atoms with van der Waals surface area (Å²) in [4.78, 5) is 32.0. The Labute approximate surface area is 175 Å². The molecule has 2 fully saturated rings. The van der Waals surface area contributed by atoms with Crippen LogP contribution in [0.3, 0.4) is 0 Å². The third-order valence-corrected chi connectivity index (χ3v) is 6.65. The molecule has 1 aromatic carbocycles. The van der Waals surface area contributed by atoms with Crippen molar-refractivity contribution in [3.63, 3.8) is 0 Å². The molecule has 1 N–H and O–H groups in total. The molecule has 154 valence electrons. The number of hydrogen-bond donors (Lipinski definition) is 1. The molecule has 2 heterocycles. The molecule has 0 bridgehead atoms. The molecule has 0 spiro atoms. The van der Waals surface area contributed by atoms with Crippen LogP contribution in [-0.4, -0.2) is 41.4 Å². The van der Waals surface area contributed by atoms with Crippen LogP contribution in [0.4, 0.5) is 0 Å². The number of nitrogens with zero attached hydrogens (tertiary/aromatic N) is 2. The largest absolute Gasteiger partial charge is 0.483 e. The molecular weight excluding hydrogens is 386 g/mol. The lowest BCUT2D eigenvalue weighted by molar-refractivity contribution is -0.132. The van der Waals surface area contributed by atoms with E-state index in [0.29, 0.717) is 16.5 Å². The SMILES string of the molecule is CCC(NC(=O)c1cnc(C2CC2)s1)c1ccccc1OCC(=O)N1CCCC1. The van der Waals surface area contributed by atoms with E-state index in [-0.39, 0.29) is 24.5 Å². The van der Waals surface area contributed by atoms with Crippen molar-refractivity contribution in [1.29, 1.82) is 0 Å². The second-order valence-corrected chi connectivity index (χ2v) is 8.75. The number of ether oxygens (including phenoxy) is 1. The fourth-order valence-electron chi connectivity index (χ4n) is 3.64. The first-order valence-electron chi connectivity index (χ1n) is 10.4. The van der Waals surface area contributed by atoms with Gasteiger partial charge in [-0.15, -0.1) is 11.3 Å². The number of benzene rings is 1. The molecular formula is C22H27N3O3S. The second-order valence-electron chi connectivity index (χ2n) is 7.69.